The first kappa shape index (κ1) is 48.4. The van der Waals surface area contributed by atoms with Crippen molar-refractivity contribution in [3.8, 4) is 22.9 Å². The average molecular weight is 914 g/mol. The first-order valence-electron chi connectivity index (χ1n) is 16.3. The zero-order chi connectivity index (χ0) is 41.7. The van der Waals surface area contributed by atoms with Gasteiger partial charge in [-0.2, -0.15) is 15.3 Å². The Hall–Kier alpha value is -4.94. The van der Waals surface area contributed by atoms with Crippen molar-refractivity contribution in [1.29, 1.82) is 0 Å². The van der Waals surface area contributed by atoms with Gasteiger partial charge in [-0.15, -0.1) is 10.8 Å². The van der Waals surface area contributed by atoms with Gasteiger partial charge in [-0.05, 0) is 74.1 Å². The minimum Gasteiger partial charge on any atom is -0.871 e. The Labute approximate surface area is 375 Å². The van der Waals surface area contributed by atoms with Crippen LogP contribution in [0.4, 0.5) is 28.4 Å². The van der Waals surface area contributed by atoms with Gasteiger partial charge in [0.05, 0.1) is 32.5 Å². The molecule has 59 heavy (non-hydrogen) atoms. The third-order valence-corrected chi connectivity index (χ3v) is 11.0. The summed E-state index contributed by atoms with van der Waals surface area (Å²) < 4.78 is 53.1. The fourth-order valence-corrected chi connectivity index (χ4v) is 6.66. The molecule has 0 saturated carbocycles. The van der Waals surface area contributed by atoms with E-state index in [0.717, 1.165) is 41.1 Å². The molecule has 1 aromatic heterocycles. The number of nitrogens with one attached hydrogen (secondary N) is 3. The van der Waals surface area contributed by atoms with Crippen LogP contribution in [-0.4, -0.2) is 41.5 Å². The molecule has 6 aromatic rings. The van der Waals surface area contributed by atoms with E-state index in [-0.39, 0.29) is 84.8 Å². The predicted octanol–water partition coefficient (Wildman–Crippen LogP) is 1.42. The van der Waals surface area contributed by atoms with Crippen LogP contribution in [0, 0.1) is 6.92 Å². The maximum Gasteiger partial charge on any atom is 3.00 e. The number of azo groups is 2. The fourth-order valence-electron chi connectivity index (χ4n) is 5.03. The van der Waals surface area contributed by atoms with Crippen LogP contribution in [-0.2, 0) is 41.6 Å². The molecule has 302 valence electrons. The minimum atomic E-state index is -3.78. The minimum absolute atomic E-state index is 0. The van der Waals surface area contributed by atoms with Crippen molar-refractivity contribution in [2.45, 2.75) is 23.6 Å². The van der Waals surface area contributed by atoms with Crippen molar-refractivity contribution in [2.24, 2.45) is 20.5 Å². The Kier molecular flexibility index (Phi) is 16.7. The van der Waals surface area contributed by atoms with E-state index in [1.54, 1.807) is 55.5 Å². The molecule has 0 saturated heterocycles. The van der Waals surface area contributed by atoms with Crippen LogP contribution in [0.5, 0.6) is 17.2 Å². The van der Waals surface area contributed by atoms with Crippen LogP contribution in [0.2, 0.25) is 5.02 Å². The van der Waals surface area contributed by atoms with E-state index in [0.29, 0.717) is 32.9 Å². The Morgan fingerprint density at radius 2 is 1.24 bits per heavy atom. The van der Waals surface area contributed by atoms with Gasteiger partial charge in [0.2, 0.25) is 26.0 Å². The Morgan fingerprint density at radius 1 is 0.729 bits per heavy atom. The number of carbonyl (C=O) groups is 1. The fraction of sp³-hybridized carbons (Fsp3) is 0.111. The molecule has 0 bridgehead atoms. The molecule has 0 aliphatic heterocycles. The number of benzene rings is 5. The topological polar surface area (TPSA) is 276 Å². The number of anilines is 1. The predicted molar refractivity (Wildman–Crippen MR) is 205 cm³/mol. The van der Waals surface area contributed by atoms with Crippen LogP contribution in [0.1, 0.15) is 12.6 Å². The van der Waals surface area contributed by atoms with E-state index in [4.69, 9.17) is 11.6 Å². The van der Waals surface area contributed by atoms with Crippen LogP contribution < -0.4 is 70.3 Å². The molecule has 0 aliphatic rings. The van der Waals surface area contributed by atoms with Crippen LogP contribution >= 0.6 is 11.6 Å². The van der Waals surface area contributed by atoms with E-state index in [1.165, 1.54) is 27.1 Å². The molecule has 0 spiro atoms. The number of amides is 1. The van der Waals surface area contributed by atoms with Gasteiger partial charge in [-0.25, -0.2) is 26.3 Å². The molecule has 0 fully saturated rings. The normalized spacial score (nSPS) is 11.5. The maximum atomic E-state index is 12.6. The summed E-state index contributed by atoms with van der Waals surface area (Å²) in [4.78, 5) is 23.8. The Balaban J connectivity index is 0.000000305. The number of fused-ring (bicyclic) bond motifs is 1. The molecular formula is C36H30ClCoN9NaO9S2. The molecule has 0 radical (unpaired) electrons. The zero-order valence-electron chi connectivity index (χ0n) is 31.5. The second-order valence-corrected chi connectivity index (χ2v) is 15.9. The van der Waals surface area contributed by atoms with E-state index in [9.17, 15) is 41.7 Å². The number of halogens is 1. The van der Waals surface area contributed by atoms with E-state index in [1.807, 2.05) is 0 Å². The standard InChI is InChI=1S/C19H18N4O5S.C17H16ClN5O4S.Co.Na/c1-11(24)21-14-5-3-4-12-6-8-17(26)19(18(12)14)23-22-15-10-13(7-9-16(15)25)29(27,28)20-2;1-10-16(17(25)23(22-10)12-5-3-11(18)4-6-12)21-20-14-9-13(7-8-15(14)24)28(26,27)19-2;;/h3-10,20,25-26H,1-2H3,(H,21,24);3-9,19H,1-2H3,(H2,20,21,22,24,25);;/q;;+3;+1/p-4. The molecule has 3 N–H and O–H groups in total. The molecule has 5 aromatic carbocycles. The number of hydrogen-bond acceptors (Lipinski definition) is 13. The number of sulfonamides is 2. The summed E-state index contributed by atoms with van der Waals surface area (Å²) in [6.07, 6.45) is 0. The third-order valence-electron chi connectivity index (χ3n) is 7.89. The first-order chi connectivity index (χ1) is 26.9. The van der Waals surface area contributed by atoms with Gasteiger partial charge in [0.15, 0.2) is 0 Å². The molecular weight excluding hydrogens is 884 g/mol. The van der Waals surface area contributed by atoms with Gasteiger partial charge in [0.1, 0.15) is 5.69 Å². The van der Waals surface area contributed by atoms with Gasteiger partial charge in [0, 0.05) is 23.0 Å². The van der Waals surface area contributed by atoms with Gasteiger partial charge in [-0.1, -0.05) is 72.2 Å². The van der Waals surface area contributed by atoms with Gasteiger partial charge >= 0.3 is 46.3 Å². The number of aryl methyl sites for hydroxylation is 1. The monoisotopic (exact) mass is 913 g/mol. The van der Waals surface area contributed by atoms with Crippen LogP contribution in [0.3, 0.4) is 0 Å². The van der Waals surface area contributed by atoms with Crippen molar-refractivity contribution < 1.29 is 83.3 Å². The van der Waals surface area contributed by atoms with E-state index >= 15 is 0 Å². The summed E-state index contributed by atoms with van der Waals surface area (Å²) in [5.74, 6) is -1.89. The molecule has 1 amide bonds. The summed E-state index contributed by atoms with van der Waals surface area (Å²) >= 11 is 5.84. The Morgan fingerprint density at radius 3 is 1.75 bits per heavy atom. The zero-order valence-corrected chi connectivity index (χ0v) is 37.0. The van der Waals surface area contributed by atoms with Crippen molar-refractivity contribution in [2.75, 3.05) is 19.4 Å². The van der Waals surface area contributed by atoms with Crippen molar-refractivity contribution in [3.63, 3.8) is 0 Å². The summed E-state index contributed by atoms with van der Waals surface area (Å²) in [7, 11) is -5.04. The average Bonchev–Trinajstić information content (AvgIpc) is 3.46. The maximum absolute atomic E-state index is 12.6. The van der Waals surface area contributed by atoms with Gasteiger partial charge < -0.3 is 30.4 Å². The van der Waals surface area contributed by atoms with E-state index in [2.05, 4.69) is 40.3 Å². The number of rotatable bonds is 10. The number of carbonyl (C=O) groups excluding carboxylic acids is 1. The van der Waals surface area contributed by atoms with Crippen molar-refractivity contribution in [3.05, 3.63) is 112 Å². The smallest absolute Gasteiger partial charge is 0.871 e. The molecule has 23 heteroatoms. The third kappa shape index (κ3) is 11.4. The summed E-state index contributed by atoms with van der Waals surface area (Å²) in [5, 5.41) is 60.1. The SMILES string of the molecule is CNS(=O)(=O)c1ccc([O-])c(N=Nc2c(C)[n-]n(-c3ccc(Cl)cc3)c2=O)c1.CNS(=O)(=O)c1ccc([O-])c(N=Nc2c([O-])ccc3cccc(NC(C)=O)c23)c1.[Co+3].[Na+]. The van der Waals surface area contributed by atoms with Gasteiger partial charge in [-0.3, -0.25) is 9.59 Å². The largest absolute Gasteiger partial charge is 3.00 e. The molecule has 0 aliphatic carbocycles. The number of aromatic nitrogens is 2. The first-order valence-corrected chi connectivity index (χ1v) is 19.7. The van der Waals surface area contributed by atoms with Crippen molar-refractivity contribution in [1.82, 2.24) is 19.2 Å². The summed E-state index contributed by atoms with van der Waals surface area (Å²) in [6, 6.07) is 21.0. The molecule has 18 nitrogen and oxygen atoms in total. The summed E-state index contributed by atoms with van der Waals surface area (Å²) in [5.41, 5.74) is 0.0414. The molecule has 0 unspecified atom stereocenters. The van der Waals surface area contributed by atoms with E-state index < -0.39 is 42.9 Å². The second-order valence-electron chi connectivity index (χ2n) is 11.7. The second kappa shape index (κ2) is 20.3. The summed E-state index contributed by atoms with van der Waals surface area (Å²) in [6.45, 7) is 2.90. The Bertz CT molecular complexity index is 2860. The van der Waals surface area contributed by atoms with Crippen molar-refractivity contribution >= 4 is 76.8 Å². The van der Waals surface area contributed by atoms with Gasteiger partial charge in [0.25, 0.3) is 5.56 Å². The quantitative estimate of drug-likeness (QED) is 0.131. The molecule has 1 heterocycles. The number of nitrogens with zero attached hydrogens (tertiary/aromatic N) is 6. The number of hydrogen-bond donors (Lipinski definition) is 3. The van der Waals surface area contributed by atoms with Crippen LogP contribution in [0.15, 0.2) is 126 Å². The molecule has 0 atom stereocenters. The molecule has 6 rings (SSSR count). The van der Waals surface area contributed by atoms with Crippen LogP contribution in [0.25, 0.3) is 16.5 Å².